The molecule has 11 nitrogen and oxygen atoms in total. The van der Waals surface area contributed by atoms with E-state index in [4.69, 9.17) is 14.9 Å². The summed E-state index contributed by atoms with van der Waals surface area (Å²) in [5, 5.41) is 6.13. The van der Waals surface area contributed by atoms with Gasteiger partial charge in [0, 0.05) is 12.6 Å². The number of amides is 3. The Morgan fingerprint density at radius 2 is 1.83 bits per heavy atom. The van der Waals surface area contributed by atoms with Crippen molar-refractivity contribution in [2.75, 3.05) is 19.0 Å². The first-order valence-electron chi connectivity index (χ1n) is 15.3. The average molecular weight is 582 g/mol. The Labute approximate surface area is 246 Å². The number of anilines is 1. The number of Topliss-reactive ketones (excluding diaryl/α,β-unsaturated/α-hetero) is 1. The van der Waals surface area contributed by atoms with Crippen LogP contribution < -0.4 is 21.1 Å². The van der Waals surface area contributed by atoms with E-state index in [0.717, 1.165) is 51.4 Å². The lowest BCUT2D eigenvalue weighted by atomic mass is 9.80. The van der Waals surface area contributed by atoms with Crippen molar-refractivity contribution in [2.24, 2.45) is 29.4 Å². The van der Waals surface area contributed by atoms with Gasteiger partial charge in [-0.25, -0.2) is 0 Å². The number of ketones is 1. The SMILES string of the molecule is COc1ccc2oc(N[C@H](C(=O)N3C[C@@H](C)C(C)[C@H]3C(=O)NC(CC3CCC3)C(=O)C(N)=O)C3CCCCC3)nc2c1. The fourth-order valence-electron chi connectivity index (χ4n) is 6.77. The van der Waals surface area contributed by atoms with E-state index in [9.17, 15) is 19.2 Å². The highest BCUT2D eigenvalue weighted by Gasteiger charge is 2.47. The highest BCUT2D eigenvalue weighted by atomic mass is 16.5. The summed E-state index contributed by atoms with van der Waals surface area (Å²) in [6.45, 7) is 4.39. The van der Waals surface area contributed by atoms with E-state index in [0.29, 0.717) is 29.8 Å². The number of hydrogen-bond donors (Lipinski definition) is 3. The van der Waals surface area contributed by atoms with Crippen LogP contribution in [0.2, 0.25) is 0 Å². The van der Waals surface area contributed by atoms with Crippen LogP contribution in [0.4, 0.5) is 6.01 Å². The molecule has 228 valence electrons. The van der Waals surface area contributed by atoms with Gasteiger partial charge in [-0.05, 0) is 55.1 Å². The maximum atomic E-state index is 14.4. The number of hydrogen-bond acceptors (Lipinski definition) is 8. The zero-order valence-electron chi connectivity index (χ0n) is 24.8. The van der Waals surface area contributed by atoms with Gasteiger partial charge >= 0.3 is 0 Å². The lowest BCUT2D eigenvalue weighted by Crippen LogP contribution is -2.57. The predicted octanol–water partition coefficient (Wildman–Crippen LogP) is 3.41. The van der Waals surface area contributed by atoms with Gasteiger partial charge in [-0.3, -0.25) is 19.2 Å². The molecule has 0 bridgehead atoms. The van der Waals surface area contributed by atoms with Gasteiger partial charge < -0.3 is 30.4 Å². The summed E-state index contributed by atoms with van der Waals surface area (Å²) in [5.74, 6) is -1.57. The molecule has 1 saturated heterocycles. The van der Waals surface area contributed by atoms with E-state index in [1.807, 2.05) is 13.8 Å². The summed E-state index contributed by atoms with van der Waals surface area (Å²) in [6.07, 6.45) is 8.29. The zero-order valence-corrected chi connectivity index (χ0v) is 24.8. The van der Waals surface area contributed by atoms with Gasteiger partial charge in [-0.2, -0.15) is 4.98 Å². The minimum atomic E-state index is -1.06. The third kappa shape index (κ3) is 6.24. The predicted molar refractivity (Wildman–Crippen MR) is 156 cm³/mol. The lowest BCUT2D eigenvalue weighted by molar-refractivity contribution is -0.143. The van der Waals surface area contributed by atoms with Crippen molar-refractivity contribution in [1.82, 2.24) is 15.2 Å². The van der Waals surface area contributed by atoms with Crippen LogP contribution in [0, 0.1) is 23.7 Å². The summed E-state index contributed by atoms with van der Waals surface area (Å²) in [4.78, 5) is 58.9. The monoisotopic (exact) mass is 581 g/mol. The second kappa shape index (κ2) is 12.7. The van der Waals surface area contributed by atoms with Gasteiger partial charge in [0.1, 0.15) is 23.3 Å². The van der Waals surface area contributed by atoms with Crippen LogP contribution in [-0.2, 0) is 19.2 Å². The molecule has 5 rings (SSSR count). The maximum Gasteiger partial charge on any atom is 0.296 e. The van der Waals surface area contributed by atoms with Gasteiger partial charge in [-0.15, -0.1) is 0 Å². The number of methoxy groups -OCH3 is 1. The van der Waals surface area contributed by atoms with Crippen molar-refractivity contribution in [3.05, 3.63) is 18.2 Å². The van der Waals surface area contributed by atoms with Crippen LogP contribution in [0.1, 0.15) is 71.6 Å². The molecule has 2 heterocycles. The largest absolute Gasteiger partial charge is 0.497 e. The van der Waals surface area contributed by atoms with E-state index in [1.165, 1.54) is 0 Å². The third-order valence-electron chi connectivity index (χ3n) is 9.70. The van der Waals surface area contributed by atoms with E-state index in [-0.39, 0.29) is 35.6 Å². The molecule has 0 spiro atoms. The Balaban J connectivity index is 1.39. The van der Waals surface area contributed by atoms with Crippen molar-refractivity contribution in [1.29, 1.82) is 0 Å². The summed E-state index contributed by atoms with van der Waals surface area (Å²) < 4.78 is 11.3. The minimum Gasteiger partial charge on any atom is -0.497 e. The minimum absolute atomic E-state index is 0.0496. The average Bonchev–Trinajstić information content (AvgIpc) is 3.51. The number of nitrogens with two attached hydrogens (primary N) is 1. The molecular formula is C31H43N5O6. The Kier molecular flexibility index (Phi) is 9.03. The summed E-state index contributed by atoms with van der Waals surface area (Å²) in [5.41, 5.74) is 6.52. The number of ether oxygens (including phenoxy) is 1. The van der Waals surface area contributed by atoms with Crippen LogP contribution >= 0.6 is 0 Å². The molecule has 5 atom stereocenters. The number of rotatable bonds is 11. The summed E-state index contributed by atoms with van der Waals surface area (Å²) in [7, 11) is 1.59. The number of primary amides is 1. The zero-order chi connectivity index (χ0) is 30.0. The van der Waals surface area contributed by atoms with Crippen LogP contribution in [0.25, 0.3) is 11.1 Å². The van der Waals surface area contributed by atoms with Crippen molar-refractivity contribution >= 4 is 40.6 Å². The van der Waals surface area contributed by atoms with Crippen LogP contribution in [-0.4, -0.2) is 65.2 Å². The molecule has 1 aromatic heterocycles. The number of carbonyl (C=O) groups is 4. The summed E-state index contributed by atoms with van der Waals surface area (Å²) >= 11 is 0. The number of oxazole rings is 1. The molecule has 3 fully saturated rings. The quantitative estimate of drug-likeness (QED) is 0.341. The Bertz CT molecular complexity index is 1320. The second-order valence-corrected chi connectivity index (χ2v) is 12.5. The first-order chi connectivity index (χ1) is 20.2. The third-order valence-corrected chi connectivity index (χ3v) is 9.70. The number of nitrogens with zero attached hydrogens (tertiary/aromatic N) is 2. The molecule has 2 saturated carbocycles. The molecule has 2 unspecified atom stereocenters. The van der Waals surface area contributed by atoms with Gasteiger partial charge in [0.15, 0.2) is 5.58 Å². The van der Waals surface area contributed by atoms with Gasteiger partial charge in [0.05, 0.1) is 13.2 Å². The van der Waals surface area contributed by atoms with E-state index in [2.05, 4.69) is 15.6 Å². The van der Waals surface area contributed by atoms with Crippen molar-refractivity contribution in [3.63, 3.8) is 0 Å². The molecule has 3 aliphatic rings. The van der Waals surface area contributed by atoms with Crippen LogP contribution in [0.15, 0.2) is 22.6 Å². The topological polar surface area (TPSA) is 157 Å². The molecule has 42 heavy (non-hydrogen) atoms. The van der Waals surface area contributed by atoms with Crippen LogP contribution in [0.5, 0.6) is 5.75 Å². The molecule has 3 amide bonds. The fraction of sp³-hybridized carbons (Fsp3) is 0.645. The van der Waals surface area contributed by atoms with Gasteiger partial charge in [0.25, 0.3) is 11.9 Å². The maximum absolute atomic E-state index is 14.4. The molecule has 1 aliphatic heterocycles. The second-order valence-electron chi connectivity index (χ2n) is 12.5. The van der Waals surface area contributed by atoms with Gasteiger partial charge in [0.2, 0.25) is 17.6 Å². The van der Waals surface area contributed by atoms with Crippen molar-refractivity contribution in [2.45, 2.75) is 89.8 Å². The number of likely N-dealkylation sites (tertiary alicyclic amines) is 1. The first kappa shape index (κ1) is 29.8. The Morgan fingerprint density at radius 3 is 2.48 bits per heavy atom. The molecule has 2 aromatic rings. The standard InChI is InChI=1S/C31H43N5O6/c1-17-16-36(26(18(17)2)29(39)33-23(27(37)28(32)38)14-19-8-7-9-19)30(40)25(20-10-5-4-6-11-20)35-31-34-22-15-21(41-3)12-13-24(22)42-31/h12-13,15,17-20,23,25-26H,4-11,14,16H2,1-3H3,(H2,32,38)(H,33,39)(H,34,35)/t17-,18?,23?,25+,26+/m1/s1. The number of fused-ring (bicyclic) bond motifs is 1. The lowest BCUT2D eigenvalue weighted by Gasteiger charge is -2.35. The van der Waals surface area contributed by atoms with Crippen molar-refractivity contribution < 1.29 is 28.3 Å². The molecule has 1 aromatic carbocycles. The van der Waals surface area contributed by atoms with Crippen LogP contribution in [0.3, 0.4) is 0 Å². The Hall–Kier alpha value is -3.63. The Morgan fingerprint density at radius 1 is 1.10 bits per heavy atom. The number of carbonyl (C=O) groups excluding carboxylic acids is 4. The van der Waals surface area contributed by atoms with E-state index >= 15 is 0 Å². The van der Waals surface area contributed by atoms with Gasteiger partial charge in [-0.1, -0.05) is 52.4 Å². The van der Waals surface area contributed by atoms with Crippen molar-refractivity contribution in [3.8, 4) is 5.75 Å². The molecule has 0 radical (unpaired) electrons. The molecule has 2 aliphatic carbocycles. The smallest absolute Gasteiger partial charge is 0.296 e. The van der Waals surface area contributed by atoms with E-state index in [1.54, 1.807) is 30.2 Å². The first-order valence-corrected chi connectivity index (χ1v) is 15.3. The highest BCUT2D eigenvalue weighted by Crippen LogP contribution is 2.36. The fourth-order valence-corrected chi connectivity index (χ4v) is 6.77. The number of nitrogens with one attached hydrogen (secondary N) is 2. The van der Waals surface area contributed by atoms with E-state index < -0.39 is 35.7 Å². The molecule has 4 N–H and O–H groups in total. The highest BCUT2D eigenvalue weighted by molar-refractivity contribution is 6.37. The summed E-state index contributed by atoms with van der Waals surface area (Å²) in [6, 6.07) is 3.20. The number of aromatic nitrogens is 1. The number of benzene rings is 1. The normalized spacial score (nSPS) is 24.5. The molecule has 11 heteroatoms. The molecular weight excluding hydrogens is 538 g/mol.